The molecule has 2 aliphatic rings. The molecule has 0 saturated carbocycles. The van der Waals surface area contributed by atoms with Crippen LogP contribution >= 0.6 is 27.3 Å². The van der Waals surface area contributed by atoms with E-state index < -0.39 is 12.0 Å². The Labute approximate surface area is 251 Å². The topological polar surface area (TPSA) is 73.1 Å². The van der Waals surface area contributed by atoms with E-state index in [1.165, 1.54) is 11.3 Å². The zero-order valence-corrected chi connectivity index (χ0v) is 25.9. The van der Waals surface area contributed by atoms with Crippen LogP contribution in [0.4, 0.5) is 5.69 Å². The first kappa shape index (κ1) is 28.8. The fourth-order valence-electron chi connectivity index (χ4n) is 4.92. The minimum absolute atomic E-state index is 0.00161. The van der Waals surface area contributed by atoms with E-state index in [1.807, 2.05) is 85.7 Å². The molecule has 212 valence electrons. The van der Waals surface area contributed by atoms with Crippen molar-refractivity contribution in [2.75, 3.05) is 25.6 Å². The Morgan fingerprint density at radius 3 is 2.56 bits per heavy atom. The molecule has 1 aliphatic carbocycles. The number of esters is 1. The molecule has 2 atom stereocenters. The maximum atomic E-state index is 13.9. The van der Waals surface area contributed by atoms with Crippen LogP contribution in [0.3, 0.4) is 0 Å². The first-order chi connectivity index (χ1) is 19.8. The molecule has 2 aromatic carbocycles. The zero-order valence-electron chi connectivity index (χ0n) is 23.5. The minimum Gasteiger partial charge on any atom is -0.488 e. The van der Waals surface area contributed by atoms with Crippen LogP contribution in [0.1, 0.15) is 37.4 Å². The van der Waals surface area contributed by atoms with Crippen molar-refractivity contribution in [1.82, 2.24) is 4.57 Å². The van der Waals surface area contributed by atoms with E-state index in [0.29, 0.717) is 33.6 Å². The lowest BCUT2D eigenvalue weighted by Gasteiger charge is -2.25. The molecule has 0 saturated heterocycles. The summed E-state index contributed by atoms with van der Waals surface area (Å²) in [5.41, 5.74) is 3.70. The maximum Gasteiger partial charge on any atom is 0.338 e. The maximum absolute atomic E-state index is 13.9. The molecule has 0 spiro atoms. The number of thiazole rings is 1. The number of hydrogen-bond donors (Lipinski definition) is 0. The van der Waals surface area contributed by atoms with Crippen molar-refractivity contribution in [3.05, 3.63) is 119 Å². The fourth-order valence-corrected chi connectivity index (χ4v) is 6.64. The van der Waals surface area contributed by atoms with Gasteiger partial charge < -0.3 is 14.4 Å². The Hall–Kier alpha value is -3.69. The molecule has 0 radical (unpaired) electrons. The monoisotopic (exact) mass is 633 g/mol. The summed E-state index contributed by atoms with van der Waals surface area (Å²) in [5.74, 6) is 0.325. The van der Waals surface area contributed by atoms with Gasteiger partial charge in [-0.15, -0.1) is 0 Å². The summed E-state index contributed by atoms with van der Waals surface area (Å²) in [5, 5.41) is 0. The Balaban J connectivity index is 1.48. The predicted octanol–water partition coefficient (Wildman–Crippen LogP) is 5.22. The molecular weight excluding hydrogens is 602 g/mol. The quantitative estimate of drug-likeness (QED) is 0.318. The van der Waals surface area contributed by atoms with Gasteiger partial charge in [-0.2, -0.15) is 0 Å². The van der Waals surface area contributed by atoms with Gasteiger partial charge in [0.05, 0.1) is 28.5 Å². The Morgan fingerprint density at radius 1 is 1.17 bits per heavy atom. The van der Waals surface area contributed by atoms with Gasteiger partial charge in [-0.25, -0.2) is 9.79 Å². The summed E-state index contributed by atoms with van der Waals surface area (Å²) in [6.07, 6.45) is 6.65. The van der Waals surface area contributed by atoms with E-state index in [1.54, 1.807) is 18.4 Å². The summed E-state index contributed by atoms with van der Waals surface area (Å²) in [6.45, 7) is 4.29. The second-order valence-electron chi connectivity index (χ2n) is 10.1. The smallest absolute Gasteiger partial charge is 0.338 e. The zero-order chi connectivity index (χ0) is 29.1. The van der Waals surface area contributed by atoms with Crippen LogP contribution in [0.2, 0.25) is 0 Å². The Kier molecular flexibility index (Phi) is 8.75. The summed E-state index contributed by atoms with van der Waals surface area (Å²) in [7, 11) is 3.94. The van der Waals surface area contributed by atoms with Gasteiger partial charge in [-0.1, -0.05) is 81.9 Å². The number of aromatic nitrogens is 1. The lowest BCUT2D eigenvalue weighted by Crippen LogP contribution is -2.40. The summed E-state index contributed by atoms with van der Waals surface area (Å²) >= 11 is 5.02. The van der Waals surface area contributed by atoms with E-state index in [4.69, 9.17) is 9.47 Å². The van der Waals surface area contributed by atoms with Crippen molar-refractivity contribution in [1.29, 1.82) is 0 Å². The summed E-state index contributed by atoms with van der Waals surface area (Å²) < 4.78 is 14.6. The van der Waals surface area contributed by atoms with Crippen molar-refractivity contribution in [3.63, 3.8) is 0 Å². The molecule has 0 unspecified atom stereocenters. The highest BCUT2D eigenvalue weighted by molar-refractivity contribution is 9.11. The third kappa shape index (κ3) is 6.16. The van der Waals surface area contributed by atoms with Crippen LogP contribution in [0.5, 0.6) is 0 Å². The number of carbonyl (C=O) groups excluding carboxylic acids is 1. The van der Waals surface area contributed by atoms with Crippen LogP contribution in [0.15, 0.2) is 98.0 Å². The second kappa shape index (κ2) is 12.4. The third-order valence-corrected chi connectivity index (χ3v) is 8.74. The molecule has 0 fully saturated rings. The number of benzene rings is 2. The number of rotatable bonds is 8. The molecule has 0 amide bonds. The van der Waals surface area contributed by atoms with Crippen LogP contribution in [0.25, 0.3) is 6.08 Å². The lowest BCUT2D eigenvalue weighted by molar-refractivity contribution is -0.139. The van der Waals surface area contributed by atoms with Crippen LogP contribution in [0, 0.1) is 5.92 Å². The van der Waals surface area contributed by atoms with E-state index in [-0.39, 0.29) is 18.1 Å². The van der Waals surface area contributed by atoms with Crippen molar-refractivity contribution < 1.29 is 14.3 Å². The number of ether oxygens (including phenoxy) is 2. The fraction of sp³-hybridized carbons (Fsp3) is 0.281. The highest BCUT2D eigenvalue weighted by atomic mass is 79.9. The second-order valence-corrected chi connectivity index (χ2v) is 12.0. The first-order valence-corrected chi connectivity index (χ1v) is 15.1. The van der Waals surface area contributed by atoms with E-state index in [9.17, 15) is 9.59 Å². The third-order valence-electron chi connectivity index (χ3n) is 7.02. The van der Waals surface area contributed by atoms with Crippen LogP contribution in [-0.2, 0) is 20.9 Å². The average Bonchev–Trinajstić information content (AvgIpc) is 3.26. The summed E-state index contributed by atoms with van der Waals surface area (Å²) in [4.78, 5) is 34.3. The van der Waals surface area contributed by atoms with Crippen LogP contribution in [-0.4, -0.2) is 31.2 Å². The number of anilines is 1. The molecule has 5 rings (SSSR count). The van der Waals surface area contributed by atoms with Gasteiger partial charge in [0.15, 0.2) is 4.80 Å². The largest absolute Gasteiger partial charge is 0.488 e. The van der Waals surface area contributed by atoms with Gasteiger partial charge in [0.1, 0.15) is 12.4 Å². The number of nitrogens with zero attached hydrogens (tertiary/aromatic N) is 3. The first-order valence-electron chi connectivity index (χ1n) is 13.5. The molecule has 0 N–H and O–H groups in total. The van der Waals surface area contributed by atoms with Gasteiger partial charge >= 0.3 is 5.97 Å². The lowest BCUT2D eigenvalue weighted by atomic mass is 9.95. The number of halogens is 1. The Bertz CT molecular complexity index is 1720. The van der Waals surface area contributed by atoms with Crippen molar-refractivity contribution in [2.24, 2.45) is 10.9 Å². The van der Waals surface area contributed by atoms with Crippen molar-refractivity contribution >= 4 is 45.0 Å². The molecule has 1 aliphatic heterocycles. The number of carbonyl (C=O) groups is 1. The van der Waals surface area contributed by atoms with Gasteiger partial charge in [0, 0.05) is 30.2 Å². The van der Waals surface area contributed by atoms with Crippen molar-refractivity contribution in [2.45, 2.75) is 32.9 Å². The van der Waals surface area contributed by atoms with Crippen molar-refractivity contribution in [3.8, 4) is 0 Å². The number of allylic oxidation sites excluding steroid dienone is 4. The number of fused-ring (bicyclic) bond motifs is 1. The standard InChI is InChI=1S/C32H32BrN3O4S/c1-5-39-31(38)28-20(2)34-32-36(29(28)23-12-14-24(15-13-23)35(3)4)30(37)27(41-32)18-22-11-16-26(25(33)17-22)40-19-21-9-7-6-8-10-21/h6-16,18,22,29H,5,17,19H2,1-4H3/b27-18-/t22-,29+/m0/s1. The molecule has 9 heteroatoms. The minimum atomic E-state index is -0.629. The normalized spacial score (nSPS) is 18.7. The highest BCUT2D eigenvalue weighted by Crippen LogP contribution is 2.32. The highest BCUT2D eigenvalue weighted by Gasteiger charge is 2.33. The summed E-state index contributed by atoms with van der Waals surface area (Å²) in [6, 6.07) is 17.3. The van der Waals surface area contributed by atoms with E-state index >= 15 is 0 Å². The predicted molar refractivity (Wildman–Crippen MR) is 166 cm³/mol. The number of hydrogen-bond acceptors (Lipinski definition) is 7. The SMILES string of the molecule is CCOC(=O)C1=C(C)N=c2s/c(=C\[C@H]3C=CC(OCc4ccccc4)=C(Br)C3)c(=O)n2[C@@H]1c1ccc(N(C)C)cc1. The van der Waals surface area contributed by atoms with Gasteiger partial charge in [0.2, 0.25) is 0 Å². The molecule has 0 bridgehead atoms. The van der Waals surface area contributed by atoms with E-state index in [2.05, 4.69) is 27.0 Å². The molecule has 2 heterocycles. The van der Waals surface area contributed by atoms with Gasteiger partial charge in [0.25, 0.3) is 5.56 Å². The molecule has 1 aromatic heterocycles. The van der Waals surface area contributed by atoms with Crippen LogP contribution < -0.4 is 19.8 Å². The van der Waals surface area contributed by atoms with E-state index in [0.717, 1.165) is 27.1 Å². The average molecular weight is 635 g/mol. The van der Waals surface area contributed by atoms with Gasteiger partial charge in [-0.3, -0.25) is 9.36 Å². The Morgan fingerprint density at radius 2 is 1.90 bits per heavy atom. The molecular formula is C32H32BrN3O4S. The molecule has 7 nitrogen and oxygen atoms in total. The molecule has 3 aromatic rings. The van der Waals surface area contributed by atoms with Gasteiger partial charge in [-0.05, 0) is 49.6 Å². The molecule has 41 heavy (non-hydrogen) atoms.